The van der Waals surface area contributed by atoms with E-state index in [-0.39, 0.29) is 25.6 Å². The zero-order valence-electron chi connectivity index (χ0n) is 29.9. The highest BCUT2D eigenvalue weighted by Crippen LogP contribution is 2.43. The lowest BCUT2D eigenvalue weighted by atomic mass is 10.0. The number of quaternary nitrogens is 1. The molecule has 0 saturated heterocycles. The second-order valence-electron chi connectivity index (χ2n) is 13.6. The van der Waals surface area contributed by atoms with Crippen LogP contribution < -0.4 is 0 Å². The van der Waals surface area contributed by atoms with Crippen molar-refractivity contribution >= 4 is 19.8 Å². The molecule has 0 aliphatic rings. The molecule has 0 aromatic carbocycles. The summed E-state index contributed by atoms with van der Waals surface area (Å²) >= 11 is 0. The molecule has 2 atom stereocenters. The van der Waals surface area contributed by atoms with Gasteiger partial charge in [0.05, 0.1) is 27.7 Å². The standard InChI is InChI=1S/C35H70NO8P/c1-6-8-10-12-14-16-17-18-19-20-22-24-26-28-35(38)44-33(32-43-45(39,40)42-30-29-36(3,4)5)31-41-34(37)27-25-23-21-15-13-11-9-7-2/h33H,6-32H2,1-5H3/p+1/t33-/m1/s1. The van der Waals surface area contributed by atoms with Crippen LogP contribution in [0, 0.1) is 0 Å². The summed E-state index contributed by atoms with van der Waals surface area (Å²) in [5, 5.41) is 0. The average molecular weight is 665 g/mol. The van der Waals surface area contributed by atoms with Gasteiger partial charge in [0.1, 0.15) is 19.8 Å². The van der Waals surface area contributed by atoms with Crippen molar-refractivity contribution in [3.05, 3.63) is 0 Å². The number of unbranched alkanes of at least 4 members (excludes halogenated alkanes) is 19. The number of carbonyl (C=O) groups is 2. The third-order valence-corrected chi connectivity index (χ3v) is 8.87. The van der Waals surface area contributed by atoms with Crippen molar-refractivity contribution in [2.24, 2.45) is 0 Å². The van der Waals surface area contributed by atoms with E-state index in [0.717, 1.165) is 32.1 Å². The summed E-state index contributed by atoms with van der Waals surface area (Å²) in [7, 11) is 1.49. The average Bonchev–Trinajstić information content (AvgIpc) is 2.97. The number of esters is 2. The van der Waals surface area contributed by atoms with E-state index >= 15 is 0 Å². The van der Waals surface area contributed by atoms with Crippen LogP contribution in [-0.4, -0.2) is 74.9 Å². The fourth-order valence-electron chi connectivity index (χ4n) is 4.95. The largest absolute Gasteiger partial charge is 0.472 e. The van der Waals surface area contributed by atoms with Gasteiger partial charge in [-0.25, -0.2) is 4.57 Å². The molecule has 0 aromatic rings. The van der Waals surface area contributed by atoms with E-state index in [1.165, 1.54) is 96.3 Å². The molecule has 0 aliphatic carbocycles. The van der Waals surface area contributed by atoms with Crippen molar-refractivity contribution in [3.63, 3.8) is 0 Å². The smallest absolute Gasteiger partial charge is 0.462 e. The van der Waals surface area contributed by atoms with Crippen molar-refractivity contribution in [2.75, 3.05) is 47.5 Å². The fourth-order valence-corrected chi connectivity index (χ4v) is 5.70. The summed E-state index contributed by atoms with van der Waals surface area (Å²) < 4.78 is 34.0. The van der Waals surface area contributed by atoms with Crippen LogP contribution in [0.5, 0.6) is 0 Å². The van der Waals surface area contributed by atoms with Gasteiger partial charge in [-0.3, -0.25) is 18.6 Å². The Kier molecular flexibility index (Phi) is 28.5. The topological polar surface area (TPSA) is 108 Å². The van der Waals surface area contributed by atoms with Crippen LogP contribution >= 0.6 is 7.82 Å². The lowest BCUT2D eigenvalue weighted by Gasteiger charge is -2.24. The Hall–Kier alpha value is -0.990. The number of phosphoric ester groups is 1. The number of carbonyl (C=O) groups excluding carboxylic acids is 2. The maximum Gasteiger partial charge on any atom is 0.472 e. The Balaban J connectivity index is 4.43. The summed E-state index contributed by atoms with van der Waals surface area (Å²) in [5.41, 5.74) is 0. The van der Waals surface area contributed by atoms with E-state index in [2.05, 4.69) is 13.8 Å². The molecule has 0 saturated carbocycles. The number of phosphoric acid groups is 1. The van der Waals surface area contributed by atoms with E-state index in [1.54, 1.807) is 0 Å². The molecule has 0 heterocycles. The van der Waals surface area contributed by atoms with Gasteiger partial charge >= 0.3 is 19.8 Å². The van der Waals surface area contributed by atoms with Gasteiger partial charge in [0.15, 0.2) is 6.10 Å². The van der Waals surface area contributed by atoms with Crippen LogP contribution in [0.25, 0.3) is 0 Å². The molecule has 1 unspecified atom stereocenters. The molecule has 0 rings (SSSR count). The van der Waals surface area contributed by atoms with Crippen LogP contribution in [0.3, 0.4) is 0 Å². The molecule has 0 aromatic heterocycles. The fraction of sp³-hybridized carbons (Fsp3) is 0.943. The van der Waals surface area contributed by atoms with Gasteiger partial charge < -0.3 is 18.9 Å². The molecule has 1 N–H and O–H groups in total. The molecule has 9 nitrogen and oxygen atoms in total. The monoisotopic (exact) mass is 664 g/mol. The third kappa shape index (κ3) is 32.7. The van der Waals surface area contributed by atoms with Gasteiger partial charge in [0.25, 0.3) is 0 Å². The molecule has 45 heavy (non-hydrogen) atoms. The molecular formula is C35H71NO8P+. The van der Waals surface area contributed by atoms with Crippen LogP contribution in [0.2, 0.25) is 0 Å². The predicted octanol–water partition coefficient (Wildman–Crippen LogP) is 9.29. The van der Waals surface area contributed by atoms with Gasteiger partial charge in [-0.2, -0.15) is 0 Å². The summed E-state index contributed by atoms with van der Waals surface area (Å²) in [6.45, 7) is 4.38. The summed E-state index contributed by atoms with van der Waals surface area (Å²) in [6.07, 6.45) is 24.4. The molecule has 0 fully saturated rings. The number of hydrogen-bond donors (Lipinski definition) is 1. The van der Waals surface area contributed by atoms with Gasteiger partial charge in [-0.1, -0.05) is 136 Å². The summed E-state index contributed by atoms with van der Waals surface area (Å²) in [5.74, 6) is -0.797. The maximum absolute atomic E-state index is 12.6. The molecule has 0 aliphatic heterocycles. The van der Waals surface area contributed by atoms with Gasteiger partial charge in [-0.05, 0) is 12.8 Å². The first kappa shape index (κ1) is 44.0. The van der Waals surface area contributed by atoms with Gasteiger partial charge in [0, 0.05) is 12.8 Å². The number of rotatable bonds is 33. The number of hydrogen-bond acceptors (Lipinski definition) is 7. The highest BCUT2D eigenvalue weighted by Gasteiger charge is 2.27. The molecule has 0 bridgehead atoms. The highest BCUT2D eigenvalue weighted by molar-refractivity contribution is 7.47. The van der Waals surface area contributed by atoms with E-state index in [0.29, 0.717) is 23.9 Å². The van der Waals surface area contributed by atoms with E-state index in [4.69, 9.17) is 18.5 Å². The van der Waals surface area contributed by atoms with Crippen LogP contribution in [0.1, 0.15) is 162 Å². The normalized spacial score (nSPS) is 13.8. The first-order chi connectivity index (χ1) is 21.5. The van der Waals surface area contributed by atoms with Gasteiger partial charge in [-0.15, -0.1) is 0 Å². The molecular weight excluding hydrogens is 593 g/mol. The van der Waals surface area contributed by atoms with Gasteiger partial charge in [0.2, 0.25) is 0 Å². The van der Waals surface area contributed by atoms with Crippen LogP contribution in [0.4, 0.5) is 0 Å². The Morgan fingerprint density at radius 3 is 1.42 bits per heavy atom. The second kappa shape index (κ2) is 29.2. The Labute approximate surface area is 276 Å². The van der Waals surface area contributed by atoms with E-state index in [1.807, 2.05) is 21.1 Å². The number of ether oxygens (including phenoxy) is 2. The maximum atomic E-state index is 12.6. The predicted molar refractivity (Wildman–Crippen MR) is 183 cm³/mol. The minimum atomic E-state index is -4.35. The van der Waals surface area contributed by atoms with Crippen molar-refractivity contribution in [2.45, 2.75) is 168 Å². The lowest BCUT2D eigenvalue weighted by molar-refractivity contribution is -0.870. The van der Waals surface area contributed by atoms with Crippen molar-refractivity contribution in [1.29, 1.82) is 0 Å². The minimum absolute atomic E-state index is 0.0361. The summed E-state index contributed by atoms with van der Waals surface area (Å²) in [6, 6.07) is 0. The van der Waals surface area contributed by atoms with Crippen LogP contribution in [0.15, 0.2) is 0 Å². The Bertz CT molecular complexity index is 758. The quantitative estimate of drug-likeness (QED) is 0.0320. The van der Waals surface area contributed by atoms with Crippen LogP contribution in [-0.2, 0) is 32.7 Å². The first-order valence-corrected chi connectivity index (χ1v) is 19.8. The second-order valence-corrected chi connectivity index (χ2v) is 15.1. The van der Waals surface area contributed by atoms with Crippen molar-refractivity contribution in [1.82, 2.24) is 0 Å². The van der Waals surface area contributed by atoms with E-state index in [9.17, 15) is 19.0 Å². The zero-order chi connectivity index (χ0) is 33.7. The minimum Gasteiger partial charge on any atom is -0.462 e. The Morgan fingerprint density at radius 2 is 1.00 bits per heavy atom. The molecule has 0 amide bonds. The summed E-state index contributed by atoms with van der Waals surface area (Å²) in [4.78, 5) is 35.0. The molecule has 268 valence electrons. The number of nitrogens with zero attached hydrogens (tertiary/aromatic N) is 1. The van der Waals surface area contributed by atoms with Crippen molar-refractivity contribution < 1.29 is 42.1 Å². The highest BCUT2D eigenvalue weighted by atomic mass is 31.2. The zero-order valence-corrected chi connectivity index (χ0v) is 30.8. The van der Waals surface area contributed by atoms with Crippen molar-refractivity contribution in [3.8, 4) is 0 Å². The SMILES string of the molecule is CCCCCCCCCCCCCCCC(=O)O[C@H](COC(=O)CCCCCCCCCC)COP(=O)(O)OCC[N+](C)(C)C. The lowest BCUT2D eigenvalue weighted by Crippen LogP contribution is -2.37. The molecule has 0 radical (unpaired) electrons. The molecule has 10 heteroatoms. The third-order valence-electron chi connectivity index (χ3n) is 7.89. The number of likely N-dealkylation sites (N-methyl/N-ethyl adjacent to an activating group) is 1. The molecule has 0 spiro atoms. The Morgan fingerprint density at radius 1 is 0.600 bits per heavy atom. The van der Waals surface area contributed by atoms with E-state index < -0.39 is 26.5 Å². The first-order valence-electron chi connectivity index (χ1n) is 18.3.